The lowest BCUT2D eigenvalue weighted by molar-refractivity contribution is 0.602. The quantitative estimate of drug-likeness (QED) is 0.681. The molecule has 1 heterocycles. The Balaban J connectivity index is 0.00000116. The van der Waals surface area contributed by atoms with Crippen LogP contribution in [0, 0.1) is 6.92 Å². The Morgan fingerprint density at radius 1 is 1.14 bits per heavy atom. The van der Waals surface area contributed by atoms with Crippen LogP contribution in [0.2, 0.25) is 5.02 Å². The Hall–Kier alpha value is -0.840. The summed E-state index contributed by atoms with van der Waals surface area (Å²) < 4.78 is 23.2. The van der Waals surface area contributed by atoms with E-state index in [1.54, 1.807) is 11.4 Å². The maximum atomic E-state index is 11.6. The van der Waals surface area contributed by atoms with E-state index in [9.17, 15) is 8.42 Å². The molecule has 0 atom stereocenters. The molecule has 5 heteroatoms. The van der Waals surface area contributed by atoms with Gasteiger partial charge in [0, 0.05) is 21.5 Å². The molecule has 1 aromatic heterocycles. The fourth-order valence-electron chi connectivity index (χ4n) is 2.20. The molecule has 0 radical (unpaired) electrons. The number of hydrogen-bond acceptors (Lipinski definition) is 3. The molecule has 0 spiro atoms. The lowest BCUT2D eigenvalue weighted by atomic mass is 9.94. The lowest BCUT2D eigenvalue weighted by Crippen LogP contribution is -1.95. The number of aryl methyl sites for hydroxylation is 1. The summed E-state index contributed by atoms with van der Waals surface area (Å²) in [6.45, 7) is 10.2. The first-order chi connectivity index (χ1) is 10.2. The van der Waals surface area contributed by atoms with Crippen LogP contribution < -0.4 is 0 Å². The SMILES string of the molecule is CC.Cc1cc(Cl)c(C(C)C)c(-c2cc(S(C)(=O)=O)cs2)c1. The van der Waals surface area contributed by atoms with Crippen LogP contribution in [0.25, 0.3) is 10.4 Å². The number of halogens is 1. The largest absolute Gasteiger partial charge is 0.224 e. The molecule has 0 N–H and O–H groups in total. The van der Waals surface area contributed by atoms with Crippen LogP contribution in [0.4, 0.5) is 0 Å². The van der Waals surface area contributed by atoms with Crippen molar-refractivity contribution in [1.82, 2.24) is 0 Å². The van der Waals surface area contributed by atoms with E-state index in [4.69, 9.17) is 11.6 Å². The minimum absolute atomic E-state index is 0.280. The van der Waals surface area contributed by atoms with E-state index < -0.39 is 9.84 Å². The summed E-state index contributed by atoms with van der Waals surface area (Å²) >= 11 is 7.80. The number of hydrogen-bond donors (Lipinski definition) is 0. The minimum atomic E-state index is -3.17. The summed E-state index contributed by atoms with van der Waals surface area (Å²) in [4.78, 5) is 1.31. The molecule has 0 amide bonds. The Morgan fingerprint density at radius 2 is 1.73 bits per heavy atom. The van der Waals surface area contributed by atoms with Gasteiger partial charge < -0.3 is 0 Å². The lowest BCUT2D eigenvalue weighted by Gasteiger charge is -2.15. The highest BCUT2D eigenvalue weighted by Crippen LogP contribution is 2.39. The van der Waals surface area contributed by atoms with Crippen molar-refractivity contribution in [3.63, 3.8) is 0 Å². The van der Waals surface area contributed by atoms with Crippen molar-refractivity contribution in [2.24, 2.45) is 0 Å². The van der Waals surface area contributed by atoms with Crippen molar-refractivity contribution in [1.29, 1.82) is 0 Å². The van der Waals surface area contributed by atoms with E-state index in [1.807, 2.05) is 26.8 Å². The van der Waals surface area contributed by atoms with Gasteiger partial charge in [-0.25, -0.2) is 8.42 Å². The van der Waals surface area contributed by atoms with Gasteiger partial charge in [0.05, 0.1) is 4.90 Å². The topological polar surface area (TPSA) is 34.1 Å². The number of benzene rings is 1. The average Bonchev–Trinajstić information content (AvgIpc) is 2.88. The minimum Gasteiger partial charge on any atom is -0.224 e. The van der Waals surface area contributed by atoms with Crippen molar-refractivity contribution in [3.05, 3.63) is 39.7 Å². The summed E-state index contributed by atoms with van der Waals surface area (Å²) in [7, 11) is -3.17. The van der Waals surface area contributed by atoms with Crippen molar-refractivity contribution in [2.75, 3.05) is 6.26 Å². The molecule has 0 fully saturated rings. The molecule has 0 saturated carbocycles. The van der Waals surface area contributed by atoms with Crippen molar-refractivity contribution in [2.45, 2.75) is 45.4 Å². The predicted octanol–water partition coefficient (Wildman–Crippen LogP) is 5.93. The molecule has 22 heavy (non-hydrogen) atoms. The molecule has 0 aliphatic carbocycles. The molecule has 122 valence electrons. The van der Waals surface area contributed by atoms with Crippen molar-refractivity contribution in [3.8, 4) is 10.4 Å². The Bertz CT molecular complexity index is 744. The third-order valence-corrected chi connectivity index (χ3v) is 5.64. The molecule has 0 aliphatic heterocycles. The first-order valence-corrected chi connectivity index (χ1v) is 10.4. The van der Waals surface area contributed by atoms with Gasteiger partial charge >= 0.3 is 0 Å². The van der Waals surface area contributed by atoms with Gasteiger partial charge in [0.2, 0.25) is 0 Å². The van der Waals surface area contributed by atoms with Gasteiger partial charge in [0.15, 0.2) is 9.84 Å². The van der Waals surface area contributed by atoms with E-state index in [0.29, 0.717) is 4.90 Å². The van der Waals surface area contributed by atoms with Gasteiger partial charge in [-0.1, -0.05) is 45.4 Å². The van der Waals surface area contributed by atoms with Crippen LogP contribution in [0.3, 0.4) is 0 Å². The van der Waals surface area contributed by atoms with E-state index in [1.165, 1.54) is 17.6 Å². The highest BCUT2D eigenvalue weighted by molar-refractivity contribution is 7.90. The summed E-state index contributed by atoms with van der Waals surface area (Å²) in [5, 5.41) is 2.43. The first-order valence-electron chi connectivity index (χ1n) is 7.29. The molecular formula is C17H23ClO2S2. The van der Waals surface area contributed by atoms with Gasteiger partial charge in [0.25, 0.3) is 0 Å². The van der Waals surface area contributed by atoms with E-state index in [2.05, 4.69) is 19.9 Å². The molecule has 0 aliphatic rings. The van der Waals surface area contributed by atoms with Crippen LogP contribution in [-0.2, 0) is 9.84 Å². The van der Waals surface area contributed by atoms with Crippen LogP contribution in [0.5, 0.6) is 0 Å². The maximum Gasteiger partial charge on any atom is 0.176 e. The summed E-state index contributed by atoms with van der Waals surface area (Å²) in [6, 6.07) is 5.75. The van der Waals surface area contributed by atoms with Gasteiger partial charge in [-0.2, -0.15) is 0 Å². The second-order valence-corrected chi connectivity index (χ2v) is 8.62. The zero-order valence-electron chi connectivity index (χ0n) is 13.9. The highest BCUT2D eigenvalue weighted by atomic mass is 35.5. The maximum absolute atomic E-state index is 11.6. The Kier molecular flexibility index (Phi) is 6.65. The van der Waals surface area contributed by atoms with Gasteiger partial charge in [0.1, 0.15) is 0 Å². The zero-order chi connectivity index (χ0) is 17.1. The van der Waals surface area contributed by atoms with E-state index in [0.717, 1.165) is 26.6 Å². The molecule has 0 bridgehead atoms. The standard InChI is InChI=1S/C15H17ClO2S2.C2H6/c1-9(2)15-12(5-10(3)6-13(15)16)14-7-11(8-19-14)20(4,17)18;1-2/h5-9H,1-4H3;1-2H3. The third kappa shape index (κ3) is 4.34. The molecule has 2 rings (SSSR count). The van der Waals surface area contributed by atoms with E-state index >= 15 is 0 Å². The molecule has 0 unspecified atom stereocenters. The van der Waals surface area contributed by atoms with E-state index in [-0.39, 0.29) is 5.92 Å². The van der Waals surface area contributed by atoms with Crippen LogP contribution in [0.1, 0.15) is 44.7 Å². The van der Waals surface area contributed by atoms with Gasteiger partial charge in [-0.05, 0) is 41.7 Å². The van der Waals surface area contributed by atoms with Crippen LogP contribution in [0.15, 0.2) is 28.5 Å². The van der Waals surface area contributed by atoms with Crippen LogP contribution in [-0.4, -0.2) is 14.7 Å². The normalized spacial score (nSPS) is 11.3. The number of sulfone groups is 1. The molecule has 1 aromatic carbocycles. The highest BCUT2D eigenvalue weighted by Gasteiger charge is 2.17. The molecule has 0 saturated heterocycles. The third-order valence-electron chi connectivity index (χ3n) is 3.12. The van der Waals surface area contributed by atoms with Crippen molar-refractivity contribution < 1.29 is 8.42 Å². The Labute approximate surface area is 143 Å². The second-order valence-electron chi connectivity index (χ2n) is 5.28. The smallest absolute Gasteiger partial charge is 0.176 e. The number of thiophene rings is 1. The number of rotatable bonds is 3. The first kappa shape index (κ1) is 19.2. The Morgan fingerprint density at radius 3 is 2.18 bits per heavy atom. The van der Waals surface area contributed by atoms with Gasteiger partial charge in [-0.15, -0.1) is 11.3 Å². The predicted molar refractivity (Wildman–Crippen MR) is 98.0 cm³/mol. The summed E-state index contributed by atoms with van der Waals surface area (Å²) in [5.74, 6) is 0.280. The summed E-state index contributed by atoms with van der Waals surface area (Å²) in [5.41, 5.74) is 3.17. The van der Waals surface area contributed by atoms with Crippen molar-refractivity contribution >= 4 is 32.8 Å². The molecular weight excluding hydrogens is 336 g/mol. The zero-order valence-corrected chi connectivity index (χ0v) is 16.3. The fourth-order valence-corrected chi connectivity index (χ4v) is 4.74. The monoisotopic (exact) mass is 358 g/mol. The molecule has 2 nitrogen and oxygen atoms in total. The second kappa shape index (κ2) is 7.62. The summed E-state index contributed by atoms with van der Waals surface area (Å²) in [6.07, 6.45) is 1.23. The average molecular weight is 359 g/mol. The fraction of sp³-hybridized carbons (Fsp3) is 0.412. The van der Waals surface area contributed by atoms with Gasteiger partial charge in [-0.3, -0.25) is 0 Å². The van der Waals surface area contributed by atoms with Crippen LogP contribution >= 0.6 is 22.9 Å². The molecule has 2 aromatic rings.